The van der Waals surface area contributed by atoms with E-state index in [1.807, 2.05) is 0 Å². The van der Waals surface area contributed by atoms with E-state index in [-0.39, 0.29) is 52.8 Å². The molecule has 10 heavy (non-hydrogen) atoms. The summed E-state index contributed by atoms with van der Waals surface area (Å²) in [4.78, 5) is 19.8. The number of carbonyl (C=O) groups excluding carboxylic acids is 1. The first-order valence-electron chi connectivity index (χ1n) is 2.16. The molecule has 1 atom stereocenters. The van der Waals surface area contributed by atoms with Crippen molar-refractivity contribution in [1.29, 1.82) is 0 Å². The van der Waals surface area contributed by atoms with Crippen LogP contribution < -0.4 is 51.4 Å². The molecular weight excluding hydrogens is 183 g/mol. The number of carboxylic acids is 1. The molecule has 1 unspecified atom stereocenters. The average Bonchev–Trinajstić information content (AvgIpc) is 1.63. The Bertz CT molecular complexity index is 142. The summed E-state index contributed by atoms with van der Waals surface area (Å²) in [6, 6.07) is 0. The second-order valence-corrected chi connectivity index (χ2v) is 1.95. The number of aliphatic hydroxyl groups excluding tert-OH is 1. The maximum Gasteiger partial charge on any atom is 1.00 e. The molecule has 0 spiro atoms. The number of rotatable bonds is 3. The van der Waals surface area contributed by atoms with Crippen molar-refractivity contribution < 1.29 is 72.6 Å². The molecular formula is C4H7KO4S. The van der Waals surface area contributed by atoms with E-state index in [2.05, 4.69) is 12.6 Å². The van der Waals surface area contributed by atoms with Crippen molar-refractivity contribution in [2.24, 2.45) is 0 Å². The molecule has 0 heterocycles. The van der Waals surface area contributed by atoms with Gasteiger partial charge in [0.05, 0.1) is 6.42 Å². The number of carboxylic acid groups (broad SMARTS) is 1. The molecule has 0 rings (SSSR count). The number of hydrogen-bond donors (Lipinski definition) is 3. The van der Waals surface area contributed by atoms with Crippen LogP contribution in [0.4, 0.5) is 0 Å². The molecule has 0 aliphatic rings. The number of thiol groups is 1. The quantitative estimate of drug-likeness (QED) is 0.317. The Hall–Kier alpha value is 1.09. The van der Waals surface area contributed by atoms with E-state index in [0.29, 0.717) is 0 Å². The SMILES string of the molecule is O=C(S)CC(O)C(=O)O.[H-].[K+]. The van der Waals surface area contributed by atoms with Gasteiger partial charge in [0.15, 0.2) is 11.2 Å². The summed E-state index contributed by atoms with van der Waals surface area (Å²) in [5, 5.41) is 15.8. The van der Waals surface area contributed by atoms with E-state index in [9.17, 15) is 9.59 Å². The van der Waals surface area contributed by atoms with E-state index in [4.69, 9.17) is 10.2 Å². The van der Waals surface area contributed by atoms with E-state index in [1.54, 1.807) is 0 Å². The Kier molecular flexibility index (Phi) is 9.26. The van der Waals surface area contributed by atoms with Crippen LogP contribution in [-0.2, 0) is 9.59 Å². The minimum Gasteiger partial charge on any atom is -1.00 e. The zero-order chi connectivity index (χ0) is 7.44. The van der Waals surface area contributed by atoms with Crippen molar-refractivity contribution in [2.45, 2.75) is 12.5 Å². The van der Waals surface area contributed by atoms with Gasteiger partial charge >= 0.3 is 57.4 Å². The monoisotopic (exact) mass is 190 g/mol. The van der Waals surface area contributed by atoms with Gasteiger partial charge in [0.2, 0.25) is 0 Å². The third-order valence-corrected chi connectivity index (χ3v) is 0.836. The third-order valence-electron chi connectivity index (χ3n) is 0.653. The van der Waals surface area contributed by atoms with Gasteiger partial charge in [0.1, 0.15) is 0 Å². The maximum atomic E-state index is 10.00. The topological polar surface area (TPSA) is 74.6 Å². The van der Waals surface area contributed by atoms with Crippen molar-refractivity contribution in [2.75, 3.05) is 0 Å². The fourth-order valence-electron chi connectivity index (χ4n) is 0.253. The first-order chi connectivity index (χ1) is 4.04. The predicted molar refractivity (Wildman–Crippen MR) is 33.4 cm³/mol. The molecule has 0 aromatic rings. The second kappa shape index (κ2) is 6.78. The van der Waals surface area contributed by atoms with Gasteiger partial charge < -0.3 is 11.6 Å². The van der Waals surface area contributed by atoms with Crippen molar-refractivity contribution >= 4 is 23.7 Å². The van der Waals surface area contributed by atoms with Crippen LogP contribution in [-0.4, -0.2) is 27.4 Å². The fraction of sp³-hybridized carbons (Fsp3) is 0.500. The zero-order valence-corrected chi connectivity index (χ0v) is 9.46. The molecule has 0 aliphatic carbocycles. The van der Waals surface area contributed by atoms with Gasteiger partial charge in [-0.1, -0.05) is 0 Å². The smallest absolute Gasteiger partial charge is 1.00 e. The first-order valence-corrected chi connectivity index (χ1v) is 2.61. The van der Waals surface area contributed by atoms with E-state index >= 15 is 0 Å². The normalized spacial score (nSPS) is 11.4. The molecule has 6 heteroatoms. The van der Waals surface area contributed by atoms with Gasteiger partial charge in [-0.25, -0.2) is 4.79 Å². The molecule has 0 aliphatic heterocycles. The van der Waals surface area contributed by atoms with Crippen LogP contribution in [0.3, 0.4) is 0 Å². The van der Waals surface area contributed by atoms with E-state index < -0.39 is 23.6 Å². The van der Waals surface area contributed by atoms with Crippen LogP contribution in [0.1, 0.15) is 7.85 Å². The molecule has 0 saturated carbocycles. The Labute approximate surface area is 107 Å². The van der Waals surface area contributed by atoms with Crippen LogP contribution >= 0.6 is 12.6 Å². The predicted octanol–water partition coefficient (Wildman–Crippen LogP) is -3.61. The number of hydrogen-bond acceptors (Lipinski definition) is 3. The van der Waals surface area contributed by atoms with Gasteiger partial charge in [-0.2, -0.15) is 0 Å². The van der Waals surface area contributed by atoms with Crippen molar-refractivity contribution in [3.8, 4) is 0 Å². The summed E-state index contributed by atoms with van der Waals surface area (Å²) in [5.74, 6) is -1.41. The molecule has 54 valence electrons. The number of aliphatic hydroxyl groups is 1. The van der Waals surface area contributed by atoms with Crippen LogP contribution in [0.2, 0.25) is 0 Å². The number of carbonyl (C=O) groups is 2. The van der Waals surface area contributed by atoms with Crippen molar-refractivity contribution in [3.63, 3.8) is 0 Å². The summed E-state index contributed by atoms with van der Waals surface area (Å²) in [5.41, 5.74) is 0. The molecule has 0 saturated heterocycles. The Morgan fingerprint density at radius 2 is 2.00 bits per heavy atom. The minimum absolute atomic E-state index is 0. The Morgan fingerprint density at radius 1 is 1.60 bits per heavy atom. The van der Waals surface area contributed by atoms with Crippen LogP contribution in [0.5, 0.6) is 0 Å². The molecule has 4 nitrogen and oxygen atoms in total. The first kappa shape index (κ1) is 13.7. The van der Waals surface area contributed by atoms with Crippen LogP contribution in [0.15, 0.2) is 0 Å². The standard InChI is InChI=1S/C4H6O4S.K.H/c5-2(4(7)8)1-3(6)9;;/h2,5H,1H2,(H,6,9)(H,7,8);;/q;+1;-1. The van der Waals surface area contributed by atoms with Crippen molar-refractivity contribution in [3.05, 3.63) is 0 Å². The zero-order valence-electron chi connectivity index (χ0n) is 6.44. The van der Waals surface area contributed by atoms with Gasteiger partial charge in [0, 0.05) is 0 Å². The molecule has 2 N–H and O–H groups in total. The van der Waals surface area contributed by atoms with E-state index in [1.165, 1.54) is 0 Å². The van der Waals surface area contributed by atoms with Crippen LogP contribution in [0.25, 0.3) is 0 Å². The summed E-state index contributed by atoms with van der Waals surface area (Å²) >= 11 is 3.27. The minimum atomic E-state index is -1.62. The Morgan fingerprint density at radius 3 is 2.10 bits per heavy atom. The molecule has 0 fully saturated rings. The fourth-order valence-corrected chi connectivity index (χ4v) is 0.426. The third kappa shape index (κ3) is 7.20. The van der Waals surface area contributed by atoms with Gasteiger partial charge in [0.25, 0.3) is 0 Å². The average molecular weight is 190 g/mol. The summed E-state index contributed by atoms with van der Waals surface area (Å²) in [7, 11) is 0. The molecule has 0 bridgehead atoms. The second-order valence-electron chi connectivity index (χ2n) is 1.45. The van der Waals surface area contributed by atoms with Gasteiger partial charge in [-0.3, -0.25) is 4.79 Å². The van der Waals surface area contributed by atoms with Gasteiger partial charge in [-0.05, 0) is 0 Å². The van der Waals surface area contributed by atoms with E-state index in [0.717, 1.165) is 0 Å². The number of aliphatic carboxylic acids is 1. The van der Waals surface area contributed by atoms with Crippen LogP contribution in [0, 0.1) is 0 Å². The summed E-state index contributed by atoms with van der Waals surface area (Å²) in [6.45, 7) is 0. The molecule has 0 amide bonds. The summed E-state index contributed by atoms with van der Waals surface area (Å²) < 4.78 is 0. The largest absolute Gasteiger partial charge is 1.00 e. The Balaban J connectivity index is -0.000000320. The molecule has 0 aromatic carbocycles. The summed E-state index contributed by atoms with van der Waals surface area (Å²) in [6.07, 6.45) is -2.06. The molecule has 0 radical (unpaired) electrons. The van der Waals surface area contributed by atoms with Gasteiger partial charge in [-0.15, -0.1) is 12.6 Å². The van der Waals surface area contributed by atoms with Crippen molar-refractivity contribution in [1.82, 2.24) is 0 Å². The maximum absolute atomic E-state index is 10.00. The molecule has 0 aromatic heterocycles.